The van der Waals surface area contributed by atoms with Crippen molar-refractivity contribution in [3.05, 3.63) is 64.4 Å². The summed E-state index contributed by atoms with van der Waals surface area (Å²) in [5.74, 6) is -1.71. The summed E-state index contributed by atoms with van der Waals surface area (Å²) in [5.41, 5.74) is 1.86. The Morgan fingerprint density at radius 1 is 1.31 bits per heavy atom. The lowest BCUT2D eigenvalue weighted by atomic mass is 10.0. The van der Waals surface area contributed by atoms with E-state index in [4.69, 9.17) is 16.9 Å². The fraction of sp³-hybridized carbons (Fsp3) is 0.111. The van der Waals surface area contributed by atoms with Crippen molar-refractivity contribution in [1.29, 1.82) is 5.26 Å². The van der Waals surface area contributed by atoms with Crippen LogP contribution in [0.15, 0.2) is 42.6 Å². The first-order chi connectivity index (χ1) is 12.5. The lowest BCUT2D eigenvalue weighted by molar-refractivity contribution is -0.139. The van der Waals surface area contributed by atoms with Crippen LogP contribution in [0.4, 0.5) is 0 Å². The summed E-state index contributed by atoms with van der Waals surface area (Å²) in [7, 11) is 0. The average molecular weight is 369 g/mol. The Morgan fingerprint density at radius 2 is 2.04 bits per heavy atom. The molecule has 0 saturated carbocycles. The standard InChI is InChI=1S/C18H13ClN4O3/c19-13-6-12-7-14(22-16(12)21-9-13)17(24)23-15(18(25)26)5-10-1-3-11(8-20)4-2-10/h1-4,6-7,9,15H,5H2,(H,21,22)(H,23,24)(H,25,26). The van der Waals surface area contributed by atoms with E-state index < -0.39 is 17.9 Å². The molecule has 26 heavy (non-hydrogen) atoms. The number of hydrogen-bond donors (Lipinski definition) is 3. The number of carboxylic acids is 1. The van der Waals surface area contributed by atoms with Gasteiger partial charge in [-0.25, -0.2) is 9.78 Å². The number of aliphatic carboxylic acids is 1. The Balaban J connectivity index is 1.76. The average Bonchev–Trinajstić information content (AvgIpc) is 3.05. The van der Waals surface area contributed by atoms with E-state index in [1.807, 2.05) is 6.07 Å². The maximum atomic E-state index is 12.4. The Labute approximate surface area is 153 Å². The summed E-state index contributed by atoms with van der Waals surface area (Å²) in [6.07, 6.45) is 1.55. The number of carbonyl (C=O) groups is 2. The minimum Gasteiger partial charge on any atom is -0.480 e. The number of hydrogen-bond acceptors (Lipinski definition) is 4. The van der Waals surface area contributed by atoms with Gasteiger partial charge in [-0.15, -0.1) is 0 Å². The van der Waals surface area contributed by atoms with Crippen LogP contribution in [-0.4, -0.2) is 33.0 Å². The maximum Gasteiger partial charge on any atom is 0.326 e. The van der Waals surface area contributed by atoms with E-state index in [0.717, 1.165) is 0 Å². The van der Waals surface area contributed by atoms with Crippen LogP contribution >= 0.6 is 11.6 Å². The number of amides is 1. The Hall–Kier alpha value is -3.37. The number of benzene rings is 1. The van der Waals surface area contributed by atoms with Gasteiger partial charge in [0.15, 0.2) is 0 Å². The topological polar surface area (TPSA) is 119 Å². The number of carboxylic acid groups (broad SMARTS) is 1. The third-order valence-electron chi connectivity index (χ3n) is 3.81. The second-order valence-corrected chi connectivity index (χ2v) is 6.09. The summed E-state index contributed by atoms with van der Waals surface area (Å²) in [5, 5.41) is 21.8. The first-order valence-corrected chi connectivity index (χ1v) is 8.01. The van der Waals surface area contributed by atoms with Crippen LogP contribution in [0.1, 0.15) is 21.6 Å². The van der Waals surface area contributed by atoms with Crippen molar-refractivity contribution in [3.8, 4) is 6.07 Å². The molecule has 0 saturated heterocycles. The van der Waals surface area contributed by atoms with Crippen molar-refractivity contribution in [2.24, 2.45) is 0 Å². The van der Waals surface area contributed by atoms with Crippen LogP contribution in [0.5, 0.6) is 0 Å². The number of fused-ring (bicyclic) bond motifs is 1. The quantitative estimate of drug-likeness (QED) is 0.639. The van der Waals surface area contributed by atoms with Gasteiger partial charge in [-0.1, -0.05) is 23.7 Å². The third kappa shape index (κ3) is 3.82. The van der Waals surface area contributed by atoms with Gasteiger partial charge in [0.1, 0.15) is 17.4 Å². The fourth-order valence-corrected chi connectivity index (χ4v) is 2.66. The lowest BCUT2D eigenvalue weighted by Crippen LogP contribution is -2.42. The molecule has 1 amide bonds. The molecule has 2 aromatic heterocycles. The van der Waals surface area contributed by atoms with Gasteiger partial charge in [-0.05, 0) is 29.8 Å². The predicted octanol–water partition coefficient (Wildman–Crippen LogP) is 2.51. The number of halogens is 1. The first-order valence-electron chi connectivity index (χ1n) is 7.63. The number of pyridine rings is 1. The van der Waals surface area contributed by atoms with Crippen LogP contribution in [0.25, 0.3) is 11.0 Å². The molecule has 0 aliphatic heterocycles. The number of carbonyl (C=O) groups excluding carboxylic acids is 1. The van der Waals surface area contributed by atoms with E-state index in [1.54, 1.807) is 36.4 Å². The normalized spacial score (nSPS) is 11.7. The molecule has 3 N–H and O–H groups in total. The molecule has 130 valence electrons. The van der Waals surface area contributed by atoms with Crippen LogP contribution in [-0.2, 0) is 11.2 Å². The van der Waals surface area contributed by atoms with E-state index >= 15 is 0 Å². The molecule has 3 rings (SSSR count). The van der Waals surface area contributed by atoms with Gasteiger partial charge >= 0.3 is 5.97 Å². The number of nitrogens with one attached hydrogen (secondary N) is 2. The number of aromatic amines is 1. The molecule has 1 atom stereocenters. The molecule has 2 heterocycles. The molecule has 0 bridgehead atoms. The molecule has 0 aliphatic rings. The number of H-pyrrole nitrogens is 1. The highest BCUT2D eigenvalue weighted by molar-refractivity contribution is 6.31. The molecule has 0 fully saturated rings. The molecular formula is C18H13ClN4O3. The molecular weight excluding hydrogens is 356 g/mol. The molecule has 1 aromatic carbocycles. The number of aromatic nitrogens is 2. The van der Waals surface area contributed by atoms with Gasteiger partial charge in [-0.3, -0.25) is 4.79 Å². The molecule has 3 aromatic rings. The van der Waals surface area contributed by atoms with Crippen molar-refractivity contribution in [2.75, 3.05) is 0 Å². The molecule has 7 nitrogen and oxygen atoms in total. The van der Waals surface area contributed by atoms with E-state index in [0.29, 0.717) is 27.2 Å². The minimum atomic E-state index is -1.15. The van der Waals surface area contributed by atoms with Gasteiger partial charge in [-0.2, -0.15) is 5.26 Å². The third-order valence-corrected chi connectivity index (χ3v) is 4.01. The zero-order chi connectivity index (χ0) is 18.7. The Kier molecular flexibility index (Phi) is 4.87. The zero-order valence-corrected chi connectivity index (χ0v) is 14.1. The van der Waals surface area contributed by atoms with Crippen molar-refractivity contribution in [2.45, 2.75) is 12.5 Å². The van der Waals surface area contributed by atoms with Crippen molar-refractivity contribution >= 4 is 34.5 Å². The second kappa shape index (κ2) is 7.25. The number of nitrogens with zero attached hydrogens (tertiary/aromatic N) is 2. The lowest BCUT2D eigenvalue weighted by Gasteiger charge is -2.14. The molecule has 0 radical (unpaired) electrons. The van der Waals surface area contributed by atoms with Crippen LogP contribution in [0, 0.1) is 11.3 Å². The van der Waals surface area contributed by atoms with Gasteiger partial charge in [0.25, 0.3) is 5.91 Å². The van der Waals surface area contributed by atoms with Crippen molar-refractivity contribution < 1.29 is 14.7 Å². The summed E-state index contributed by atoms with van der Waals surface area (Å²) in [4.78, 5) is 30.8. The van der Waals surface area contributed by atoms with Gasteiger partial charge in [0.05, 0.1) is 16.7 Å². The number of rotatable bonds is 5. The van der Waals surface area contributed by atoms with Crippen molar-refractivity contribution in [3.63, 3.8) is 0 Å². The molecule has 0 spiro atoms. The molecule has 1 unspecified atom stereocenters. The van der Waals surface area contributed by atoms with Crippen LogP contribution in [0.3, 0.4) is 0 Å². The zero-order valence-electron chi connectivity index (χ0n) is 13.4. The maximum absolute atomic E-state index is 12.4. The summed E-state index contributed by atoms with van der Waals surface area (Å²) in [6, 6.07) is 10.6. The summed E-state index contributed by atoms with van der Waals surface area (Å²) < 4.78 is 0. The van der Waals surface area contributed by atoms with E-state index in [9.17, 15) is 14.7 Å². The molecule has 0 aliphatic carbocycles. The predicted molar refractivity (Wildman–Crippen MR) is 94.9 cm³/mol. The van der Waals surface area contributed by atoms with Gasteiger partial charge in [0, 0.05) is 18.0 Å². The highest BCUT2D eigenvalue weighted by Crippen LogP contribution is 2.18. The number of nitriles is 1. The van der Waals surface area contributed by atoms with Crippen molar-refractivity contribution in [1.82, 2.24) is 15.3 Å². The highest BCUT2D eigenvalue weighted by Gasteiger charge is 2.22. The van der Waals surface area contributed by atoms with Crippen LogP contribution < -0.4 is 5.32 Å². The van der Waals surface area contributed by atoms with E-state index in [1.165, 1.54) is 6.20 Å². The summed E-state index contributed by atoms with van der Waals surface area (Å²) >= 11 is 5.87. The second-order valence-electron chi connectivity index (χ2n) is 5.65. The smallest absolute Gasteiger partial charge is 0.326 e. The minimum absolute atomic E-state index is 0.0943. The van der Waals surface area contributed by atoms with Crippen LogP contribution in [0.2, 0.25) is 5.02 Å². The van der Waals surface area contributed by atoms with E-state index in [-0.39, 0.29) is 12.1 Å². The largest absolute Gasteiger partial charge is 0.480 e. The summed E-state index contributed by atoms with van der Waals surface area (Å²) in [6.45, 7) is 0. The van der Waals surface area contributed by atoms with Gasteiger partial charge < -0.3 is 15.4 Å². The first kappa shape index (κ1) is 17.5. The van der Waals surface area contributed by atoms with E-state index in [2.05, 4.69) is 15.3 Å². The Bertz CT molecular complexity index is 1020. The molecule has 8 heteroatoms. The monoisotopic (exact) mass is 368 g/mol. The van der Waals surface area contributed by atoms with Gasteiger partial charge in [0.2, 0.25) is 0 Å². The Morgan fingerprint density at radius 3 is 2.69 bits per heavy atom. The highest BCUT2D eigenvalue weighted by atomic mass is 35.5. The fourth-order valence-electron chi connectivity index (χ4n) is 2.50. The SMILES string of the molecule is N#Cc1ccc(CC(NC(=O)c2cc3cc(Cl)cnc3[nH]2)C(=O)O)cc1.